The van der Waals surface area contributed by atoms with Gasteiger partial charge in [0.2, 0.25) is 0 Å². The van der Waals surface area contributed by atoms with E-state index >= 15 is 0 Å². The van der Waals surface area contributed by atoms with Gasteiger partial charge in [0.15, 0.2) is 0 Å². The molecule has 0 aliphatic heterocycles. The molecule has 17 heavy (non-hydrogen) atoms. The fourth-order valence-corrected chi connectivity index (χ4v) is 2.71. The number of hydrogen-bond acceptors (Lipinski definition) is 2. The predicted molar refractivity (Wildman–Crippen MR) is 68.1 cm³/mol. The highest BCUT2D eigenvalue weighted by Gasteiger charge is 2.16. The van der Waals surface area contributed by atoms with Crippen LogP contribution in [0.4, 0.5) is 0 Å². The van der Waals surface area contributed by atoms with Gasteiger partial charge in [-0.2, -0.15) is 5.26 Å². The van der Waals surface area contributed by atoms with Gasteiger partial charge in [-0.1, -0.05) is 31.4 Å². The van der Waals surface area contributed by atoms with Gasteiger partial charge in [0.05, 0.1) is 19.6 Å². The molecule has 2 nitrogen and oxygen atoms in total. The van der Waals surface area contributed by atoms with E-state index in [9.17, 15) is 0 Å². The summed E-state index contributed by atoms with van der Waals surface area (Å²) in [6, 6.07) is 8.55. The number of rotatable bonds is 3. The van der Waals surface area contributed by atoms with E-state index in [0.717, 1.165) is 11.3 Å². The Morgan fingerprint density at radius 1 is 1.29 bits per heavy atom. The van der Waals surface area contributed by atoms with Crippen molar-refractivity contribution in [2.24, 2.45) is 0 Å². The lowest BCUT2D eigenvalue weighted by Gasteiger charge is -2.22. The number of nitriles is 1. The molecule has 0 N–H and O–H groups in total. The summed E-state index contributed by atoms with van der Waals surface area (Å²) in [5.74, 6) is 1.53. The summed E-state index contributed by atoms with van der Waals surface area (Å²) in [5.41, 5.74) is 2.41. The van der Waals surface area contributed by atoms with Gasteiger partial charge in [-0.05, 0) is 30.4 Å². The molecule has 1 aromatic rings. The largest absolute Gasteiger partial charge is 0.496 e. The van der Waals surface area contributed by atoms with E-state index < -0.39 is 0 Å². The van der Waals surface area contributed by atoms with Crippen LogP contribution in [0.25, 0.3) is 0 Å². The van der Waals surface area contributed by atoms with E-state index in [4.69, 9.17) is 10.00 Å². The van der Waals surface area contributed by atoms with E-state index in [-0.39, 0.29) is 0 Å². The van der Waals surface area contributed by atoms with Gasteiger partial charge in [-0.25, -0.2) is 0 Å². The van der Waals surface area contributed by atoms with Crippen molar-refractivity contribution in [2.75, 3.05) is 7.11 Å². The van der Waals surface area contributed by atoms with E-state index in [1.807, 2.05) is 6.07 Å². The SMILES string of the molecule is COc1ccc(C2CCCCC2)cc1CC#N. The number of methoxy groups -OCH3 is 1. The molecule has 0 spiro atoms. The van der Waals surface area contributed by atoms with Crippen LogP contribution in [0.15, 0.2) is 18.2 Å². The third kappa shape index (κ3) is 2.79. The van der Waals surface area contributed by atoms with Crippen molar-refractivity contribution in [1.82, 2.24) is 0 Å². The predicted octanol–water partition coefficient (Wildman–Crippen LogP) is 3.81. The minimum Gasteiger partial charge on any atom is -0.496 e. The zero-order chi connectivity index (χ0) is 12.1. The molecule has 0 aromatic heterocycles. The highest BCUT2D eigenvalue weighted by molar-refractivity contribution is 5.40. The Morgan fingerprint density at radius 3 is 2.71 bits per heavy atom. The summed E-state index contributed by atoms with van der Waals surface area (Å²) >= 11 is 0. The van der Waals surface area contributed by atoms with Crippen LogP contribution in [-0.4, -0.2) is 7.11 Å². The fourth-order valence-electron chi connectivity index (χ4n) is 2.71. The molecule has 0 radical (unpaired) electrons. The molecule has 1 fully saturated rings. The summed E-state index contributed by atoms with van der Waals surface area (Å²) in [7, 11) is 1.66. The van der Waals surface area contributed by atoms with Gasteiger partial charge in [0.1, 0.15) is 5.75 Å². The molecule has 1 aliphatic carbocycles. The monoisotopic (exact) mass is 229 g/mol. The van der Waals surface area contributed by atoms with Crippen LogP contribution in [0.3, 0.4) is 0 Å². The minimum atomic E-state index is 0.434. The second kappa shape index (κ2) is 5.72. The standard InChI is InChI=1S/C15H19NO/c1-17-15-8-7-13(11-14(15)9-10-16)12-5-3-2-4-6-12/h7-8,11-12H,2-6,9H2,1H3. The Kier molecular flexibility index (Phi) is 4.03. The molecule has 2 rings (SSSR count). The maximum Gasteiger partial charge on any atom is 0.123 e. The third-order valence-corrected chi connectivity index (χ3v) is 3.65. The summed E-state index contributed by atoms with van der Waals surface area (Å²) in [6.45, 7) is 0. The zero-order valence-corrected chi connectivity index (χ0v) is 10.4. The highest BCUT2D eigenvalue weighted by Crippen LogP contribution is 2.34. The van der Waals surface area contributed by atoms with Crippen LogP contribution in [0.5, 0.6) is 5.75 Å². The van der Waals surface area contributed by atoms with Gasteiger partial charge in [0, 0.05) is 5.56 Å². The molecule has 1 aliphatic rings. The van der Waals surface area contributed by atoms with Crippen molar-refractivity contribution in [3.8, 4) is 11.8 Å². The van der Waals surface area contributed by atoms with E-state index in [1.54, 1.807) is 7.11 Å². The zero-order valence-electron chi connectivity index (χ0n) is 10.4. The lowest BCUT2D eigenvalue weighted by molar-refractivity contribution is 0.409. The van der Waals surface area contributed by atoms with Crippen LogP contribution < -0.4 is 4.74 Å². The van der Waals surface area contributed by atoms with Gasteiger partial charge in [0.25, 0.3) is 0 Å². The molecule has 0 unspecified atom stereocenters. The van der Waals surface area contributed by atoms with E-state index in [2.05, 4.69) is 18.2 Å². The van der Waals surface area contributed by atoms with Gasteiger partial charge in [-0.15, -0.1) is 0 Å². The molecule has 0 amide bonds. The lowest BCUT2D eigenvalue weighted by Crippen LogP contribution is -2.05. The normalized spacial score (nSPS) is 16.5. The number of benzene rings is 1. The number of nitrogens with zero attached hydrogens (tertiary/aromatic N) is 1. The summed E-state index contributed by atoms with van der Waals surface area (Å²) in [4.78, 5) is 0. The molecule has 90 valence electrons. The minimum absolute atomic E-state index is 0.434. The first-order valence-electron chi connectivity index (χ1n) is 6.39. The van der Waals surface area contributed by atoms with Crippen LogP contribution in [-0.2, 0) is 6.42 Å². The van der Waals surface area contributed by atoms with Crippen molar-refractivity contribution < 1.29 is 4.74 Å². The quantitative estimate of drug-likeness (QED) is 0.789. The van der Waals surface area contributed by atoms with Crippen molar-refractivity contribution in [3.63, 3.8) is 0 Å². The summed E-state index contributed by atoms with van der Waals surface area (Å²) in [5, 5.41) is 8.84. The number of hydrogen-bond donors (Lipinski definition) is 0. The van der Waals surface area contributed by atoms with Gasteiger partial charge in [-0.3, -0.25) is 0 Å². The molecule has 0 heterocycles. The van der Waals surface area contributed by atoms with Crippen molar-refractivity contribution >= 4 is 0 Å². The van der Waals surface area contributed by atoms with Crippen molar-refractivity contribution in [2.45, 2.75) is 44.4 Å². The first-order chi connectivity index (χ1) is 8.35. The van der Waals surface area contributed by atoms with Crippen molar-refractivity contribution in [1.29, 1.82) is 5.26 Å². The topological polar surface area (TPSA) is 33.0 Å². The first kappa shape index (κ1) is 12.0. The molecule has 0 atom stereocenters. The summed E-state index contributed by atoms with van der Waals surface area (Å²) in [6.07, 6.45) is 7.06. The fraction of sp³-hybridized carbons (Fsp3) is 0.533. The molecular formula is C15H19NO. The molecule has 0 saturated heterocycles. The Balaban J connectivity index is 2.23. The Morgan fingerprint density at radius 2 is 2.06 bits per heavy atom. The lowest BCUT2D eigenvalue weighted by atomic mass is 9.83. The van der Waals surface area contributed by atoms with Gasteiger partial charge >= 0.3 is 0 Å². The summed E-state index contributed by atoms with van der Waals surface area (Å²) < 4.78 is 5.29. The second-order valence-electron chi connectivity index (χ2n) is 4.74. The molecule has 2 heteroatoms. The van der Waals surface area contributed by atoms with Crippen LogP contribution in [0.2, 0.25) is 0 Å². The maximum absolute atomic E-state index is 8.84. The Labute approximate surface area is 103 Å². The maximum atomic E-state index is 8.84. The first-order valence-corrected chi connectivity index (χ1v) is 6.39. The Hall–Kier alpha value is -1.49. The van der Waals surface area contributed by atoms with E-state index in [1.165, 1.54) is 37.7 Å². The van der Waals surface area contributed by atoms with Crippen molar-refractivity contribution in [3.05, 3.63) is 29.3 Å². The average Bonchev–Trinajstić information content (AvgIpc) is 2.40. The van der Waals surface area contributed by atoms with Gasteiger partial charge < -0.3 is 4.74 Å². The highest BCUT2D eigenvalue weighted by atomic mass is 16.5. The second-order valence-corrected chi connectivity index (χ2v) is 4.74. The van der Waals surface area contributed by atoms with Crippen LogP contribution in [0.1, 0.15) is 49.1 Å². The molecule has 1 saturated carbocycles. The average molecular weight is 229 g/mol. The van der Waals surface area contributed by atoms with Crippen LogP contribution >= 0.6 is 0 Å². The molecular weight excluding hydrogens is 210 g/mol. The smallest absolute Gasteiger partial charge is 0.123 e. The third-order valence-electron chi connectivity index (χ3n) is 3.65. The molecule has 0 bridgehead atoms. The van der Waals surface area contributed by atoms with E-state index in [0.29, 0.717) is 12.3 Å². The van der Waals surface area contributed by atoms with Crippen LogP contribution in [0, 0.1) is 11.3 Å². The number of ether oxygens (including phenoxy) is 1. The molecule has 1 aromatic carbocycles. The Bertz CT molecular complexity index is 413.